The number of ether oxygens (including phenoxy) is 1. The maximum atomic E-state index is 12.9. The topological polar surface area (TPSA) is 81.2 Å². The molecule has 6 heteroatoms. The number of amides is 1. The molecule has 0 saturated heterocycles. The van der Waals surface area contributed by atoms with Crippen LogP contribution in [0, 0.1) is 17.8 Å². The second kappa shape index (κ2) is 8.95. The Labute approximate surface area is 165 Å². The first-order valence-electron chi connectivity index (χ1n) is 9.83. The zero-order chi connectivity index (χ0) is 20.1. The molecule has 3 atom stereocenters. The molecule has 148 valence electrons. The highest BCUT2D eigenvalue weighted by molar-refractivity contribution is 6.06. The van der Waals surface area contributed by atoms with Crippen LogP contribution < -0.4 is 5.32 Å². The lowest BCUT2D eigenvalue weighted by atomic mass is 9.75. The van der Waals surface area contributed by atoms with Crippen molar-refractivity contribution in [1.82, 2.24) is 9.97 Å². The molecule has 1 amide bonds. The highest BCUT2D eigenvalue weighted by Gasteiger charge is 2.34. The maximum Gasteiger partial charge on any atom is 0.340 e. The Morgan fingerprint density at radius 3 is 2.68 bits per heavy atom. The predicted octanol–water partition coefficient (Wildman–Crippen LogP) is 4.35. The van der Waals surface area contributed by atoms with E-state index in [-0.39, 0.29) is 11.8 Å². The molecule has 6 nitrogen and oxygen atoms in total. The van der Waals surface area contributed by atoms with E-state index in [1.165, 1.54) is 25.0 Å². The van der Waals surface area contributed by atoms with Crippen molar-refractivity contribution in [3.05, 3.63) is 54.1 Å². The lowest BCUT2D eigenvalue weighted by Gasteiger charge is -2.36. The number of anilines is 1. The number of hydrogen-bond donors (Lipinski definition) is 1. The Bertz CT molecular complexity index is 823. The lowest BCUT2D eigenvalue weighted by Crippen LogP contribution is -2.36. The van der Waals surface area contributed by atoms with Crippen LogP contribution in [-0.2, 0) is 4.74 Å². The number of nitrogens with one attached hydrogen (secondary N) is 1. The molecule has 1 aromatic carbocycles. The first-order valence-corrected chi connectivity index (χ1v) is 9.83. The van der Waals surface area contributed by atoms with Crippen LogP contribution in [0.3, 0.4) is 0 Å². The predicted molar refractivity (Wildman–Crippen MR) is 107 cm³/mol. The Hall–Kier alpha value is -2.76. The van der Waals surface area contributed by atoms with Crippen molar-refractivity contribution in [3.63, 3.8) is 0 Å². The van der Waals surface area contributed by atoms with Crippen molar-refractivity contribution < 1.29 is 14.3 Å². The summed E-state index contributed by atoms with van der Waals surface area (Å²) in [6, 6.07) is 6.89. The monoisotopic (exact) mass is 381 g/mol. The molecule has 3 rings (SSSR count). The third-order valence-electron chi connectivity index (χ3n) is 5.41. The molecule has 0 unspecified atom stereocenters. The van der Waals surface area contributed by atoms with Crippen molar-refractivity contribution >= 4 is 17.6 Å². The first-order chi connectivity index (χ1) is 13.5. The molecule has 2 aromatic rings. The Morgan fingerprint density at radius 1 is 1.18 bits per heavy atom. The number of para-hydroxylation sites is 1. The Kier molecular flexibility index (Phi) is 6.39. The highest BCUT2D eigenvalue weighted by Crippen LogP contribution is 2.36. The van der Waals surface area contributed by atoms with Gasteiger partial charge in [-0.05, 0) is 42.7 Å². The summed E-state index contributed by atoms with van der Waals surface area (Å²) in [6.07, 6.45) is 7.35. The van der Waals surface area contributed by atoms with Crippen molar-refractivity contribution in [2.24, 2.45) is 17.8 Å². The normalized spacial score (nSPS) is 21.9. The Morgan fingerprint density at radius 2 is 1.96 bits per heavy atom. The first kappa shape index (κ1) is 20.0. The summed E-state index contributed by atoms with van der Waals surface area (Å²) in [5, 5.41) is 2.75. The average molecular weight is 381 g/mol. The van der Waals surface area contributed by atoms with E-state index in [1.54, 1.807) is 24.3 Å². The van der Waals surface area contributed by atoms with Gasteiger partial charge in [0.05, 0.1) is 17.4 Å². The molecule has 0 aliphatic heterocycles. The molecule has 1 aliphatic carbocycles. The van der Waals surface area contributed by atoms with E-state index in [0.717, 1.165) is 12.8 Å². The number of esters is 1. The van der Waals surface area contributed by atoms with Gasteiger partial charge in [-0.3, -0.25) is 9.78 Å². The second-order valence-corrected chi connectivity index (χ2v) is 7.86. The highest BCUT2D eigenvalue weighted by atomic mass is 16.5. The average Bonchev–Trinajstić information content (AvgIpc) is 2.68. The van der Waals surface area contributed by atoms with Crippen molar-refractivity contribution in [2.75, 3.05) is 5.32 Å². The van der Waals surface area contributed by atoms with E-state index in [9.17, 15) is 9.59 Å². The summed E-state index contributed by atoms with van der Waals surface area (Å²) in [5.41, 5.74) is 0.945. The van der Waals surface area contributed by atoms with E-state index >= 15 is 0 Å². The summed E-state index contributed by atoms with van der Waals surface area (Å²) < 4.78 is 5.93. The minimum Gasteiger partial charge on any atom is -0.458 e. The van der Waals surface area contributed by atoms with Gasteiger partial charge in [-0.15, -0.1) is 0 Å². The smallest absolute Gasteiger partial charge is 0.340 e. The molecule has 28 heavy (non-hydrogen) atoms. The molecule has 0 spiro atoms. The third-order valence-corrected chi connectivity index (χ3v) is 5.41. The summed E-state index contributed by atoms with van der Waals surface area (Å²) >= 11 is 0. The standard InChI is InChI=1S/C22H27N3O3/c1-14(2)16-9-8-15(3)12-20(16)28-22(27)17-6-4-5-7-18(17)25-21(26)19-13-23-10-11-24-19/h4-7,10-11,13-16,20H,8-9,12H2,1-3H3,(H,25,26)/t15-,16-,20+/m0/s1. The molecule has 1 aliphatic rings. The summed E-state index contributed by atoms with van der Waals surface area (Å²) in [4.78, 5) is 33.2. The lowest BCUT2D eigenvalue weighted by molar-refractivity contribution is -0.0173. The van der Waals surface area contributed by atoms with Crippen molar-refractivity contribution in [2.45, 2.75) is 46.1 Å². The molecule has 0 bridgehead atoms. The van der Waals surface area contributed by atoms with Gasteiger partial charge < -0.3 is 10.1 Å². The maximum absolute atomic E-state index is 12.9. The zero-order valence-electron chi connectivity index (χ0n) is 16.6. The van der Waals surface area contributed by atoms with E-state index in [0.29, 0.717) is 29.0 Å². The minimum atomic E-state index is -0.417. The van der Waals surface area contributed by atoms with Crippen molar-refractivity contribution in [1.29, 1.82) is 0 Å². The number of aromatic nitrogens is 2. The van der Waals surface area contributed by atoms with Crippen LogP contribution in [-0.4, -0.2) is 27.9 Å². The largest absolute Gasteiger partial charge is 0.458 e. The molecule has 0 radical (unpaired) electrons. The molecule has 1 heterocycles. The molecular formula is C22H27N3O3. The zero-order valence-corrected chi connectivity index (χ0v) is 16.6. The van der Waals surface area contributed by atoms with Gasteiger partial charge in [-0.25, -0.2) is 9.78 Å². The van der Waals surface area contributed by atoms with Crippen LogP contribution in [0.1, 0.15) is 60.9 Å². The van der Waals surface area contributed by atoms with Crippen LogP contribution in [0.25, 0.3) is 0 Å². The van der Waals surface area contributed by atoms with Crippen LogP contribution in [0.4, 0.5) is 5.69 Å². The number of benzene rings is 1. The van der Waals surface area contributed by atoms with Crippen molar-refractivity contribution in [3.8, 4) is 0 Å². The van der Waals surface area contributed by atoms with Crippen LogP contribution >= 0.6 is 0 Å². The van der Waals surface area contributed by atoms with Gasteiger partial charge >= 0.3 is 5.97 Å². The number of rotatable bonds is 5. The van der Waals surface area contributed by atoms with Gasteiger partial charge in [0.15, 0.2) is 0 Å². The van der Waals surface area contributed by atoms with E-state index in [2.05, 4.69) is 36.1 Å². The van der Waals surface area contributed by atoms with Gasteiger partial charge in [0.1, 0.15) is 11.8 Å². The van der Waals surface area contributed by atoms with Gasteiger partial charge in [0.25, 0.3) is 5.91 Å². The molecule has 1 aromatic heterocycles. The van der Waals surface area contributed by atoms with E-state index in [1.807, 2.05) is 0 Å². The third kappa shape index (κ3) is 4.74. The Balaban J connectivity index is 1.76. The van der Waals surface area contributed by atoms with Gasteiger partial charge in [-0.2, -0.15) is 0 Å². The fraction of sp³-hybridized carbons (Fsp3) is 0.455. The summed E-state index contributed by atoms with van der Waals surface area (Å²) in [5.74, 6) is 0.539. The van der Waals surface area contributed by atoms with Crippen LogP contribution in [0.15, 0.2) is 42.9 Å². The quantitative estimate of drug-likeness (QED) is 0.779. The number of carbonyl (C=O) groups excluding carboxylic acids is 2. The fourth-order valence-electron chi connectivity index (χ4n) is 3.82. The van der Waals surface area contributed by atoms with Crippen LogP contribution in [0.2, 0.25) is 0 Å². The SMILES string of the molecule is CC(C)[C@@H]1CC[C@H](C)C[C@H]1OC(=O)c1ccccc1NC(=O)c1cnccn1. The molecular weight excluding hydrogens is 354 g/mol. The van der Waals surface area contributed by atoms with Gasteiger partial charge in [0.2, 0.25) is 0 Å². The van der Waals surface area contributed by atoms with E-state index in [4.69, 9.17) is 4.74 Å². The molecule has 1 saturated carbocycles. The second-order valence-electron chi connectivity index (χ2n) is 7.86. The van der Waals surface area contributed by atoms with E-state index < -0.39 is 11.9 Å². The summed E-state index contributed by atoms with van der Waals surface area (Å²) in [6.45, 7) is 6.56. The number of nitrogens with zero attached hydrogens (tertiary/aromatic N) is 2. The fourth-order valence-corrected chi connectivity index (χ4v) is 3.82. The number of hydrogen-bond acceptors (Lipinski definition) is 5. The van der Waals surface area contributed by atoms with Gasteiger partial charge in [0, 0.05) is 12.4 Å². The molecule has 1 fully saturated rings. The molecule has 1 N–H and O–H groups in total. The van der Waals surface area contributed by atoms with Crippen LogP contribution in [0.5, 0.6) is 0 Å². The number of carbonyl (C=O) groups is 2. The summed E-state index contributed by atoms with van der Waals surface area (Å²) in [7, 11) is 0. The minimum absolute atomic E-state index is 0.0972. The van der Waals surface area contributed by atoms with Gasteiger partial charge in [-0.1, -0.05) is 39.3 Å².